The molecular weight excluding hydrogens is 819 g/mol. The topological polar surface area (TPSA) is 4.93 Å². The third-order valence-electron chi connectivity index (χ3n) is 13.6. The smallest absolute Gasteiger partial charge is 0.0541 e. The molecule has 0 atom stereocenters. The van der Waals surface area contributed by atoms with Crippen LogP contribution in [0.4, 0.5) is 0 Å². The summed E-state index contributed by atoms with van der Waals surface area (Å²) < 4.78 is 2.41. The highest BCUT2D eigenvalue weighted by atomic mass is 15.0. The molecule has 326 valence electrons. The molecule has 0 radical (unpaired) electrons. The van der Waals surface area contributed by atoms with Crippen LogP contribution in [0.5, 0.6) is 0 Å². The van der Waals surface area contributed by atoms with Gasteiger partial charge in [0, 0.05) is 16.5 Å². The first-order chi connectivity index (χ1) is 33.2. The summed E-state index contributed by atoms with van der Waals surface area (Å²) >= 11 is 0. The van der Waals surface area contributed by atoms with Crippen LogP contribution in [0, 0.1) is 0 Å². The van der Waals surface area contributed by atoms with Gasteiger partial charge < -0.3 is 4.57 Å². The standard InChI is InChI=1S/C67H53N/c1-6-7-11-18-45(2)52-33-37-57-61(41-52)65(50-29-25-48(26-30-50)46-19-12-8-13-20-46)58-38-34-53(47-21-14-9-15-22-47)43-62(58)66(57)51-31-27-49(28-32-51)54-35-39-63-59(42-54)60-44-55(67(3,4)5)36-40-64(60)68(63)56-23-16-10-17-24-56/h6-44H,2H2,1,3-5H3/b7-6-,18-11-. The minimum absolute atomic E-state index is 0.0308. The maximum Gasteiger partial charge on any atom is 0.0541 e. The monoisotopic (exact) mass is 871 g/mol. The molecule has 1 nitrogen and oxygen atoms in total. The highest BCUT2D eigenvalue weighted by molar-refractivity contribution is 6.22. The van der Waals surface area contributed by atoms with Crippen LogP contribution in [0.25, 0.3) is 110 Å². The molecular formula is C67H53N. The molecule has 0 aliphatic rings. The van der Waals surface area contributed by atoms with E-state index in [9.17, 15) is 0 Å². The molecule has 11 aromatic rings. The fraction of sp³-hybridized carbons (Fsp3) is 0.0746. The molecule has 11 rings (SSSR count). The molecule has 0 saturated heterocycles. The number of allylic oxidation sites excluding steroid dienone is 5. The predicted molar refractivity (Wildman–Crippen MR) is 295 cm³/mol. The molecule has 1 heterocycles. The zero-order valence-corrected chi connectivity index (χ0v) is 39.2. The summed E-state index contributed by atoms with van der Waals surface area (Å²) in [7, 11) is 0. The fourth-order valence-corrected chi connectivity index (χ4v) is 10.1. The highest BCUT2D eigenvalue weighted by Gasteiger charge is 2.21. The Morgan fingerprint density at radius 1 is 0.397 bits per heavy atom. The van der Waals surface area contributed by atoms with Crippen molar-refractivity contribution in [3.8, 4) is 61.3 Å². The number of para-hydroxylation sites is 1. The van der Waals surface area contributed by atoms with Gasteiger partial charge in [0.1, 0.15) is 0 Å². The minimum atomic E-state index is 0.0308. The number of aromatic nitrogens is 1. The van der Waals surface area contributed by atoms with Crippen molar-refractivity contribution in [2.24, 2.45) is 0 Å². The van der Waals surface area contributed by atoms with E-state index in [0.29, 0.717) is 0 Å². The summed E-state index contributed by atoms with van der Waals surface area (Å²) in [4.78, 5) is 0. The van der Waals surface area contributed by atoms with Crippen LogP contribution in [-0.2, 0) is 5.41 Å². The van der Waals surface area contributed by atoms with Crippen molar-refractivity contribution in [2.75, 3.05) is 0 Å². The van der Waals surface area contributed by atoms with Gasteiger partial charge in [-0.3, -0.25) is 0 Å². The molecule has 1 aromatic heterocycles. The lowest BCUT2D eigenvalue weighted by atomic mass is 9.83. The molecule has 1 heteroatoms. The Bertz CT molecular complexity index is 3730. The number of benzene rings is 10. The van der Waals surface area contributed by atoms with Crippen molar-refractivity contribution in [1.29, 1.82) is 0 Å². The van der Waals surface area contributed by atoms with Crippen LogP contribution in [0.3, 0.4) is 0 Å². The molecule has 10 aromatic carbocycles. The normalized spacial score (nSPS) is 12.1. The van der Waals surface area contributed by atoms with Crippen LogP contribution < -0.4 is 0 Å². The Balaban J connectivity index is 1.11. The Hall–Kier alpha value is -8.26. The second-order valence-electron chi connectivity index (χ2n) is 19.0. The van der Waals surface area contributed by atoms with Crippen molar-refractivity contribution in [1.82, 2.24) is 4.57 Å². The zero-order valence-electron chi connectivity index (χ0n) is 39.2. The van der Waals surface area contributed by atoms with E-state index in [-0.39, 0.29) is 5.41 Å². The van der Waals surface area contributed by atoms with E-state index in [1.807, 2.05) is 13.0 Å². The summed E-state index contributed by atoms with van der Waals surface area (Å²) in [5.74, 6) is 0. The summed E-state index contributed by atoms with van der Waals surface area (Å²) in [5.41, 5.74) is 19.0. The molecule has 0 N–H and O–H groups in total. The van der Waals surface area contributed by atoms with Gasteiger partial charge in [-0.2, -0.15) is 0 Å². The molecule has 0 bridgehead atoms. The van der Waals surface area contributed by atoms with Gasteiger partial charge in [0.15, 0.2) is 0 Å². The van der Waals surface area contributed by atoms with Crippen LogP contribution in [0.2, 0.25) is 0 Å². The third kappa shape index (κ3) is 7.76. The fourth-order valence-electron chi connectivity index (χ4n) is 10.1. The van der Waals surface area contributed by atoms with Gasteiger partial charge in [0.25, 0.3) is 0 Å². The number of hydrogen-bond donors (Lipinski definition) is 0. The average Bonchev–Trinajstić information content (AvgIpc) is 3.71. The van der Waals surface area contributed by atoms with E-state index in [4.69, 9.17) is 0 Å². The summed E-state index contributed by atoms with van der Waals surface area (Å²) in [6, 6.07) is 78.4. The number of rotatable bonds is 9. The van der Waals surface area contributed by atoms with E-state index in [0.717, 1.165) is 11.1 Å². The van der Waals surface area contributed by atoms with Gasteiger partial charge in [-0.1, -0.05) is 215 Å². The molecule has 0 unspecified atom stereocenters. The first kappa shape index (κ1) is 42.4. The lowest BCUT2D eigenvalue weighted by molar-refractivity contribution is 0.591. The largest absolute Gasteiger partial charge is 0.309 e. The highest BCUT2D eigenvalue weighted by Crippen LogP contribution is 2.47. The van der Waals surface area contributed by atoms with E-state index < -0.39 is 0 Å². The molecule has 68 heavy (non-hydrogen) atoms. The molecule has 0 amide bonds. The Morgan fingerprint density at radius 2 is 0.838 bits per heavy atom. The number of fused-ring (bicyclic) bond motifs is 5. The summed E-state index contributed by atoms with van der Waals surface area (Å²) in [6.45, 7) is 13.4. The van der Waals surface area contributed by atoms with Crippen LogP contribution in [0.15, 0.2) is 243 Å². The molecule has 0 fully saturated rings. The van der Waals surface area contributed by atoms with E-state index in [1.54, 1.807) is 0 Å². The Kier molecular flexibility index (Phi) is 10.9. The van der Waals surface area contributed by atoms with Crippen molar-refractivity contribution >= 4 is 48.9 Å². The minimum Gasteiger partial charge on any atom is -0.309 e. The van der Waals surface area contributed by atoms with Gasteiger partial charge >= 0.3 is 0 Å². The van der Waals surface area contributed by atoms with Gasteiger partial charge in [-0.05, 0) is 155 Å². The van der Waals surface area contributed by atoms with Gasteiger partial charge in [-0.25, -0.2) is 0 Å². The Labute approximate surface area is 400 Å². The Morgan fingerprint density at radius 3 is 1.43 bits per heavy atom. The van der Waals surface area contributed by atoms with E-state index in [2.05, 4.69) is 262 Å². The molecule has 0 saturated carbocycles. The SMILES string of the molecule is C=C(/C=C\C=C/C)c1ccc2c(-c3ccc(-c4ccc5c(c4)c4cc(C(C)(C)C)ccc4n5-c4ccccc4)cc3)c3cc(-c4ccccc4)ccc3c(-c3ccc(-c4ccccc4)cc3)c2c1. The van der Waals surface area contributed by atoms with Gasteiger partial charge in [0.2, 0.25) is 0 Å². The van der Waals surface area contributed by atoms with Crippen molar-refractivity contribution in [3.05, 3.63) is 254 Å². The van der Waals surface area contributed by atoms with Gasteiger partial charge in [0.05, 0.1) is 11.0 Å². The van der Waals surface area contributed by atoms with Crippen molar-refractivity contribution in [3.63, 3.8) is 0 Å². The van der Waals surface area contributed by atoms with Crippen LogP contribution in [0.1, 0.15) is 38.8 Å². The van der Waals surface area contributed by atoms with Crippen LogP contribution in [-0.4, -0.2) is 4.57 Å². The van der Waals surface area contributed by atoms with Crippen LogP contribution >= 0.6 is 0 Å². The lowest BCUT2D eigenvalue weighted by Crippen LogP contribution is -2.10. The third-order valence-corrected chi connectivity index (χ3v) is 13.6. The van der Waals surface area contributed by atoms with E-state index in [1.165, 1.54) is 110 Å². The maximum atomic E-state index is 4.52. The van der Waals surface area contributed by atoms with Gasteiger partial charge in [-0.15, -0.1) is 0 Å². The molecule has 0 aliphatic carbocycles. The lowest BCUT2D eigenvalue weighted by Gasteiger charge is -2.20. The number of nitrogens with zero attached hydrogens (tertiary/aromatic N) is 1. The second kappa shape index (κ2) is 17.5. The molecule has 0 spiro atoms. The number of hydrogen-bond acceptors (Lipinski definition) is 0. The first-order valence-electron chi connectivity index (χ1n) is 23.7. The van der Waals surface area contributed by atoms with E-state index >= 15 is 0 Å². The van der Waals surface area contributed by atoms with Crippen molar-refractivity contribution < 1.29 is 0 Å². The maximum absolute atomic E-state index is 4.52. The summed E-state index contributed by atoms with van der Waals surface area (Å²) in [5, 5.41) is 7.37. The molecule has 0 aliphatic heterocycles. The van der Waals surface area contributed by atoms with Crippen molar-refractivity contribution in [2.45, 2.75) is 33.1 Å². The second-order valence-corrected chi connectivity index (χ2v) is 19.0. The quantitative estimate of drug-likeness (QED) is 0.101. The predicted octanol–water partition coefficient (Wildman–Crippen LogP) is 18.9. The first-order valence-corrected chi connectivity index (χ1v) is 23.7. The average molecular weight is 872 g/mol. The zero-order chi connectivity index (χ0) is 46.4. The summed E-state index contributed by atoms with van der Waals surface area (Å²) in [6.07, 6.45) is 8.26.